The van der Waals surface area contributed by atoms with Crippen LogP contribution in [0.1, 0.15) is 11.1 Å². The number of nitriles is 2. The predicted molar refractivity (Wildman–Crippen MR) is 224 cm³/mol. The molecule has 8 aromatic carbocycles. The summed E-state index contributed by atoms with van der Waals surface area (Å²) in [5.74, 6) is 0. The topological polar surface area (TPSA) is 62.4 Å². The van der Waals surface area contributed by atoms with Gasteiger partial charge in [-0.25, -0.2) is 0 Å². The van der Waals surface area contributed by atoms with E-state index in [0.29, 0.717) is 11.1 Å². The Labute approximate surface area is 316 Å². The maximum Gasteiger partial charge on any atom is 0.0992 e. The summed E-state index contributed by atoms with van der Waals surface area (Å²) in [7, 11) is 0. The number of hydrogen-bond acceptors (Lipinski definition) is 2. The van der Waals surface area contributed by atoms with Crippen LogP contribution in [-0.2, 0) is 0 Å². The smallest absolute Gasteiger partial charge is 0.0992 e. The average Bonchev–Trinajstić information content (AvgIpc) is 3.88. The van der Waals surface area contributed by atoms with E-state index < -0.39 is 0 Å². The Morgan fingerprint density at radius 2 is 0.800 bits per heavy atom. The second-order valence-electron chi connectivity index (χ2n) is 14.0. The van der Waals surface area contributed by atoms with Gasteiger partial charge in [0.2, 0.25) is 0 Å². The summed E-state index contributed by atoms with van der Waals surface area (Å²) in [4.78, 5) is 0. The standard InChI is InChI=1S/C50H29N5/c51-30-32-21-23-49-42(27-32)40-14-4-7-17-45(40)53(49)35-22-24-50-43(29-35)41-15-5-8-18-46(41)54(50)36-26-33(31-52)25-34(28-36)37-11-1-6-16-44(37)55-47-19-9-2-12-38(47)39-13-3-10-20-48(39)55/h1-29H. The van der Waals surface area contributed by atoms with Crippen LogP contribution in [0.25, 0.3) is 93.6 Å². The SMILES string of the molecule is N#Cc1cc(-c2ccccc2-n2c3ccccc3c3ccccc32)cc(-n2c3ccccc3c3cc(-n4c5ccccc5c5cc(C#N)ccc54)ccc32)c1. The molecule has 0 aliphatic carbocycles. The van der Waals surface area contributed by atoms with Gasteiger partial charge in [0.25, 0.3) is 0 Å². The Kier molecular flexibility index (Phi) is 6.61. The molecular formula is C50H29N5. The van der Waals surface area contributed by atoms with Crippen molar-refractivity contribution in [2.24, 2.45) is 0 Å². The average molecular weight is 700 g/mol. The fourth-order valence-electron chi connectivity index (χ4n) is 8.75. The first kappa shape index (κ1) is 30.7. The first-order chi connectivity index (χ1) is 27.2. The number of nitrogens with zero attached hydrogens (tertiary/aromatic N) is 5. The normalized spacial score (nSPS) is 11.6. The summed E-state index contributed by atoms with van der Waals surface area (Å²) in [5.41, 5.74) is 12.8. The monoisotopic (exact) mass is 699 g/mol. The fraction of sp³-hybridized carbons (Fsp3) is 0. The molecule has 0 radical (unpaired) electrons. The van der Waals surface area contributed by atoms with E-state index in [1.54, 1.807) is 0 Å². The van der Waals surface area contributed by atoms with Crippen LogP contribution in [0.5, 0.6) is 0 Å². The highest BCUT2D eigenvalue weighted by molar-refractivity contribution is 6.13. The number of rotatable bonds is 4. The van der Waals surface area contributed by atoms with Crippen LogP contribution in [-0.4, -0.2) is 13.7 Å². The van der Waals surface area contributed by atoms with Crippen LogP contribution in [0, 0.1) is 22.7 Å². The molecule has 3 aromatic heterocycles. The highest BCUT2D eigenvalue weighted by atomic mass is 15.0. The molecule has 0 N–H and O–H groups in total. The van der Waals surface area contributed by atoms with Gasteiger partial charge in [0.15, 0.2) is 0 Å². The van der Waals surface area contributed by atoms with Crippen molar-refractivity contribution in [2.45, 2.75) is 0 Å². The van der Waals surface area contributed by atoms with E-state index in [0.717, 1.165) is 82.8 Å². The lowest BCUT2D eigenvalue weighted by Gasteiger charge is -2.16. The van der Waals surface area contributed by atoms with Gasteiger partial charge in [-0.3, -0.25) is 0 Å². The molecule has 0 amide bonds. The van der Waals surface area contributed by atoms with Crippen molar-refractivity contribution in [3.63, 3.8) is 0 Å². The van der Waals surface area contributed by atoms with Crippen LogP contribution in [0.15, 0.2) is 176 Å². The quantitative estimate of drug-likeness (QED) is 0.184. The zero-order valence-corrected chi connectivity index (χ0v) is 29.5. The molecule has 5 heteroatoms. The molecule has 0 aliphatic rings. The molecule has 0 unspecified atom stereocenters. The van der Waals surface area contributed by atoms with E-state index in [1.165, 1.54) is 10.8 Å². The Morgan fingerprint density at radius 1 is 0.327 bits per heavy atom. The van der Waals surface area contributed by atoms with Crippen LogP contribution in [0.3, 0.4) is 0 Å². The van der Waals surface area contributed by atoms with Gasteiger partial charge in [-0.15, -0.1) is 0 Å². The highest BCUT2D eigenvalue weighted by Gasteiger charge is 2.19. The molecule has 55 heavy (non-hydrogen) atoms. The summed E-state index contributed by atoms with van der Waals surface area (Å²) < 4.78 is 6.92. The van der Waals surface area contributed by atoms with E-state index in [2.05, 4.69) is 165 Å². The number of fused-ring (bicyclic) bond motifs is 9. The van der Waals surface area contributed by atoms with Gasteiger partial charge < -0.3 is 13.7 Å². The minimum absolute atomic E-state index is 0.592. The van der Waals surface area contributed by atoms with Crippen LogP contribution in [0.2, 0.25) is 0 Å². The first-order valence-electron chi connectivity index (χ1n) is 18.3. The van der Waals surface area contributed by atoms with Crippen molar-refractivity contribution >= 4 is 65.4 Å². The van der Waals surface area contributed by atoms with E-state index in [-0.39, 0.29) is 0 Å². The lowest BCUT2D eigenvalue weighted by molar-refractivity contribution is 1.16. The van der Waals surface area contributed by atoms with Crippen molar-refractivity contribution in [3.8, 4) is 40.3 Å². The second kappa shape index (κ2) is 11.8. The zero-order valence-electron chi connectivity index (χ0n) is 29.5. The highest BCUT2D eigenvalue weighted by Crippen LogP contribution is 2.40. The van der Waals surface area contributed by atoms with Gasteiger partial charge in [0, 0.05) is 49.3 Å². The molecule has 254 valence electrons. The number of benzene rings is 8. The molecule has 0 saturated carbocycles. The van der Waals surface area contributed by atoms with Crippen molar-refractivity contribution in [1.82, 2.24) is 13.7 Å². The van der Waals surface area contributed by atoms with E-state index >= 15 is 0 Å². The summed E-state index contributed by atoms with van der Waals surface area (Å²) in [6.45, 7) is 0. The van der Waals surface area contributed by atoms with Crippen molar-refractivity contribution < 1.29 is 0 Å². The first-order valence-corrected chi connectivity index (χ1v) is 18.3. The van der Waals surface area contributed by atoms with Crippen molar-refractivity contribution in [1.29, 1.82) is 10.5 Å². The molecule has 11 aromatic rings. The van der Waals surface area contributed by atoms with Gasteiger partial charge in [-0.2, -0.15) is 10.5 Å². The Balaban J connectivity index is 1.14. The summed E-state index contributed by atoms with van der Waals surface area (Å²) in [6.07, 6.45) is 0. The lowest BCUT2D eigenvalue weighted by Crippen LogP contribution is -1.99. The number of hydrogen-bond donors (Lipinski definition) is 0. The molecule has 0 atom stereocenters. The molecule has 0 bridgehead atoms. The van der Waals surface area contributed by atoms with Gasteiger partial charge in [0.05, 0.1) is 62.1 Å². The second-order valence-corrected chi connectivity index (χ2v) is 14.0. The van der Waals surface area contributed by atoms with Crippen LogP contribution >= 0.6 is 0 Å². The number of para-hydroxylation sites is 5. The molecule has 0 saturated heterocycles. The molecule has 11 rings (SSSR count). The molecule has 3 heterocycles. The fourth-order valence-corrected chi connectivity index (χ4v) is 8.75. The van der Waals surface area contributed by atoms with Crippen LogP contribution in [0.4, 0.5) is 0 Å². The summed E-state index contributed by atoms with van der Waals surface area (Å²) in [5, 5.41) is 27.0. The maximum atomic E-state index is 10.5. The maximum absolute atomic E-state index is 10.5. The van der Waals surface area contributed by atoms with Gasteiger partial charge >= 0.3 is 0 Å². The van der Waals surface area contributed by atoms with E-state index in [1.807, 2.05) is 36.4 Å². The third kappa shape index (κ3) is 4.51. The van der Waals surface area contributed by atoms with Gasteiger partial charge in [-0.05, 0) is 90.5 Å². The molecule has 0 aliphatic heterocycles. The third-order valence-corrected chi connectivity index (χ3v) is 11.1. The van der Waals surface area contributed by atoms with Crippen LogP contribution < -0.4 is 0 Å². The Morgan fingerprint density at radius 3 is 1.42 bits per heavy atom. The third-order valence-electron chi connectivity index (χ3n) is 11.1. The molecular weight excluding hydrogens is 671 g/mol. The lowest BCUT2D eigenvalue weighted by atomic mass is 10.00. The summed E-state index contributed by atoms with van der Waals surface area (Å²) >= 11 is 0. The zero-order chi connectivity index (χ0) is 36.6. The van der Waals surface area contributed by atoms with Gasteiger partial charge in [0.1, 0.15) is 0 Å². The predicted octanol–water partition coefficient (Wildman–Crippen LogP) is 12.4. The largest absolute Gasteiger partial charge is 0.309 e. The minimum atomic E-state index is 0.592. The molecule has 0 spiro atoms. The van der Waals surface area contributed by atoms with Gasteiger partial charge in [-0.1, -0.05) is 91.0 Å². The van der Waals surface area contributed by atoms with Crippen molar-refractivity contribution in [3.05, 3.63) is 187 Å². The summed E-state index contributed by atoms with van der Waals surface area (Å²) in [6, 6.07) is 66.0. The van der Waals surface area contributed by atoms with Crippen molar-refractivity contribution in [2.75, 3.05) is 0 Å². The van der Waals surface area contributed by atoms with E-state index in [4.69, 9.17) is 0 Å². The Bertz CT molecular complexity index is 3420. The minimum Gasteiger partial charge on any atom is -0.309 e. The number of aromatic nitrogens is 3. The molecule has 0 fully saturated rings. The van der Waals surface area contributed by atoms with E-state index in [9.17, 15) is 10.5 Å². The Hall–Kier alpha value is -7.86. The molecule has 5 nitrogen and oxygen atoms in total.